The Morgan fingerprint density at radius 3 is 2.88 bits per heavy atom. The third-order valence-electron chi connectivity index (χ3n) is 3.03. The van der Waals surface area contributed by atoms with E-state index in [-0.39, 0.29) is 10.8 Å². The number of halogens is 1. The highest BCUT2D eigenvalue weighted by molar-refractivity contribution is 7.80. The number of rotatable bonds is 5. The maximum atomic E-state index is 13.1. The summed E-state index contributed by atoms with van der Waals surface area (Å²) in [6.45, 7) is 2.13. The third kappa shape index (κ3) is 3.40. The van der Waals surface area contributed by atoms with Crippen LogP contribution in [0.3, 0.4) is 0 Å². The monoisotopic (exact) mass is 252 g/mol. The highest BCUT2D eigenvalue weighted by atomic mass is 32.1. The van der Waals surface area contributed by atoms with Gasteiger partial charge < -0.3 is 11.1 Å². The molecular weight excluding hydrogens is 235 g/mol. The van der Waals surface area contributed by atoms with Crippen LogP contribution in [-0.4, -0.2) is 11.0 Å². The molecule has 0 amide bonds. The minimum absolute atomic E-state index is 0.227. The van der Waals surface area contributed by atoms with Gasteiger partial charge in [-0.15, -0.1) is 0 Å². The van der Waals surface area contributed by atoms with Crippen LogP contribution >= 0.6 is 12.2 Å². The van der Waals surface area contributed by atoms with Gasteiger partial charge in [0, 0.05) is 17.3 Å². The number of benzene rings is 1. The first-order chi connectivity index (χ1) is 8.06. The van der Waals surface area contributed by atoms with Gasteiger partial charge in [0.05, 0.1) is 0 Å². The van der Waals surface area contributed by atoms with Crippen molar-refractivity contribution in [1.29, 1.82) is 0 Å². The molecule has 0 bridgehead atoms. The summed E-state index contributed by atoms with van der Waals surface area (Å²) in [6.07, 6.45) is 3.81. The van der Waals surface area contributed by atoms with Crippen molar-refractivity contribution < 1.29 is 4.39 Å². The first-order valence-electron chi connectivity index (χ1n) is 5.92. The minimum Gasteiger partial charge on any atom is -0.389 e. The maximum Gasteiger partial charge on any atom is 0.124 e. The van der Waals surface area contributed by atoms with E-state index < -0.39 is 0 Å². The van der Waals surface area contributed by atoms with Crippen LogP contribution in [0.25, 0.3) is 0 Å². The van der Waals surface area contributed by atoms with Crippen LogP contribution in [0.1, 0.15) is 31.7 Å². The molecule has 3 N–H and O–H groups in total. The van der Waals surface area contributed by atoms with Crippen LogP contribution < -0.4 is 11.1 Å². The predicted molar refractivity (Wildman–Crippen MR) is 72.7 cm³/mol. The molecule has 1 aromatic rings. The number of nitrogens with one attached hydrogen (secondary N) is 1. The van der Waals surface area contributed by atoms with Crippen molar-refractivity contribution in [3.63, 3.8) is 0 Å². The van der Waals surface area contributed by atoms with E-state index in [0.29, 0.717) is 11.6 Å². The van der Waals surface area contributed by atoms with Gasteiger partial charge in [-0.25, -0.2) is 4.39 Å². The van der Waals surface area contributed by atoms with E-state index in [1.54, 1.807) is 6.07 Å². The lowest BCUT2D eigenvalue weighted by atomic mass is 10.1. The Bertz CT molecular complexity index is 429. The summed E-state index contributed by atoms with van der Waals surface area (Å²) in [4.78, 5) is 0.227. The molecule has 0 heterocycles. The third-order valence-corrected chi connectivity index (χ3v) is 3.25. The molecule has 1 aliphatic rings. The van der Waals surface area contributed by atoms with Gasteiger partial charge in [-0.3, -0.25) is 0 Å². The van der Waals surface area contributed by atoms with Crippen molar-refractivity contribution in [1.82, 2.24) is 0 Å². The van der Waals surface area contributed by atoms with Crippen molar-refractivity contribution in [2.45, 2.75) is 32.2 Å². The van der Waals surface area contributed by atoms with E-state index in [1.807, 2.05) is 0 Å². The maximum absolute atomic E-state index is 13.1. The van der Waals surface area contributed by atoms with Crippen LogP contribution in [0.4, 0.5) is 10.1 Å². The summed E-state index contributed by atoms with van der Waals surface area (Å²) in [5.74, 6) is 0.541. The molecule has 1 atom stereocenters. The fourth-order valence-corrected chi connectivity index (χ4v) is 2.19. The Labute approximate surface area is 106 Å². The van der Waals surface area contributed by atoms with E-state index in [0.717, 1.165) is 18.0 Å². The standard InChI is InChI=1S/C13H17FN2S/c1-8(6-9-2-3-9)16-12-5-4-10(14)7-11(12)13(15)17/h4-5,7-9,16H,2-3,6H2,1H3,(H2,15,17). The quantitative estimate of drug-likeness (QED) is 0.791. The Kier molecular flexibility index (Phi) is 3.62. The normalized spacial score (nSPS) is 16.6. The lowest BCUT2D eigenvalue weighted by molar-refractivity contribution is 0.625. The highest BCUT2D eigenvalue weighted by Crippen LogP contribution is 2.34. The number of anilines is 1. The first kappa shape index (κ1) is 12.3. The van der Waals surface area contributed by atoms with Gasteiger partial charge in [0.2, 0.25) is 0 Å². The van der Waals surface area contributed by atoms with Gasteiger partial charge in [0.1, 0.15) is 10.8 Å². The summed E-state index contributed by atoms with van der Waals surface area (Å²) in [7, 11) is 0. The van der Waals surface area contributed by atoms with Crippen LogP contribution in [0.15, 0.2) is 18.2 Å². The Hall–Kier alpha value is -1.16. The fraction of sp³-hybridized carbons (Fsp3) is 0.462. The molecule has 1 fully saturated rings. The summed E-state index contributed by atoms with van der Waals surface area (Å²) >= 11 is 4.93. The minimum atomic E-state index is -0.312. The van der Waals surface area contributed by atoms with Crippen molar-refractivity contribution in [3.05, 3.63) is 29.6 Å². The van der Waals surface area contributed by atoms with Gasteiger partial charge in [0.25, 0.3) is 0 Å². The molecule has 0 saturated heterocycles. The molecule has 0 radical (unpaired) electrons. The van der Waals surface area contributed by atoms with Crippen molar-refractivity contribution in [2.24, 2.45) is 11.7 Å². The van der Waals surface area contributed by atoms with Crippen LogP contribution in [0.5, 0.6) is 0 Å². The zero-order valence-electron chi connectivity index (χ0n) is 9.87. The molecular formula is C13H17FN2S. The molecule has 1 aromatic carbocycles. The highest BCUT2D eigenvalue weighted by Gasteiger charge is 2.23. The number of hydrogen-bond donors (Lipinski definition) is 2. The van der Waals surface area contributed by atoms with E-state index in [4.69, 9.17) is 18.0 Å². The SMILES string of the molecule is CC(CC1CC1)Nc1ccc(F)cc1C(N)=S. The Morgan fingerprint density at radius 2 is 2.29 bits per heavy atom. The average Bonchev–Trinajstić information content (AvgIpc) is 3.04. The largest absolute Gasteiger partial charge is 0.389 e. The van der Waals surface area contributed by atoms with Gasteiger partial charge in [-0.2, -0.15) is 0 Å². The molecule has 0 spiro atoms. The van der Waals surface area contributed by atoms with Gasteiger partial charge in [-0.1, -0.05) is 25.1 Å². The molecule has 92 valence electrons. The molecule has 1 saturated carbocycles. The Balaban J connectivity index is 2.10. The number of hydrogen-bond acceptors (Lipinski definition) is 2. The lowest BCUT2D eigenvalue weighted by Crippen LogP contribution is -2.20. The summed E-state index contributed by atoms with van der Waals surface area (Å²) < 4.78 is 13.1. The van der Waals surface area contributed by atoms with E-state index in [1.165, 1.54) is 25.0 Å². The second kappa shape index (κ2) is 5.00. The fourth-order valence-electron chi connectivity index (χ4n) is 2.02. The van der Waals surface area contributed by atoms with Crippen LogP contribution in [-0.2, 0) is 0 Å². The Morgan fingerprint density at radius 1 is 1.59 bits per heavy atom. The van der Waals surface area contributed by atoms with Gasteiger partial charge in [0.15, 0.2) is 0 Å². The zero-order valence-corrected chi connectivity index (χ0v) is 10.7. The molecule has 1 aliphatic carbocycles. The summed E-state index contributed by atoms with van der Waals surface area (Å²) in [5.41, 5.74) is 7.01. The van der Waals surface area contributed by atoms with Crippen molar-refractivity contribution >= 4 is 22.9 Å². The van der Waals surface area contributed by atoms with Crippen molar-refractivity contribution in [3.8, 4) is 0 Å². The van der Waals surface area contributed by atoms with Gasteiger partial charge in [-0.05, 0) is 37.5 Å². The topological polar surface area (TPSA) is 38.0 Å². The second-order valence-electron chi connectivity index (χ2n) is 4.78. The van der Waals surface area contributed by atoms with Crippen molar-refractivity contribution in [2.75, 3.05) is 5.32 Å². The predicted octanol–water partition coefficient (Wildman–Crippen LogP) is 3.06. The molecule has 2 rings (SSSR count). The van der Waals surface area contributed by atoms with Crippen LogP contribution in [0.2, 0.25) is 0 Å². The van der Waals surface area contributed by atoms with E-state index in [2.05, 4.69) is 12.2 Å². The zero-order chi connectivity index (χ0) is 12.4. The molecule has 2 nitrogen and oxygen atoms in total. The first-order valence-corrected chi connectivity index (χ1v) is 6.33. The smallest absolute Gasteiger partial charge is 0.124 e. The lowest BCUT2D eigenvalue weighted by Gasteiger charge is -2.17. The second-order valence-corrected chi connectivity index (χ2v) is 5.22. The summed E-state index contributed by atoms with van der Waals surface area (Å²) in [6, 6.07) is 4.87. The molecule has 1 unspecified atom stereocenters. The molecule has 0 aromatic heterocycles. The van der Waals surface area contributed by atoms with E-state index in [9.17, 15) is 4.39 Å². The van der Waals surface area contributed by atoms with Gasteiger partial charge >= 0.3 is 0 Å². The van der Waals surface area contributed by atoms with Crippen LogP contribution in [0, 0.1) is 11.7 Å². The molecule has 0 aliphatic heterocycles. The number of nitrogens with two attached hydrogens (primary N) is 1. The average molecular weight is 252 g/mol. The molecule has 4 heteroatoms. The summed E-state index contributed by atoms with van der Waals surface area (Å²) in [5, 5.41) is 3.36. The molecule has 17 heavy (non-hydrogen) atoms. The van der Waals surface area contributed by atoms with E-state index >= 15 is 0 Å². The number of thiocarbonyl (C=S) groups is 1.